The van der Waals surface area contributed by atoms with Crippen molar-refractivity contribution in [2.75, 3.05) is 13.1 Å². The first-order valence-electron chi connectivity index (χ1n) is 6.63. The fourth-order valence-corrected chi connectivity index (χ4v) is 1.80. The molecule has 1 rings (SSSR count). The van der Waals surface area contributed by atoms with E-state index in [-0.39, 0.29) is 12.5 Å². The van der Waals surface area contributed by atoms with Gasteiger partial charge >= 0.3 is 5.97 Å². The van der Waals surface area contributed by atoms with Gasteiger partial charge in [0.2, 0.25) is 0 Å². The van der Waals surface area contributed by atoms with Crippen LogP contribution in [0.1, 0.15) is 37.0 Å². The van der Waals surface area contributed by atoms with Crippen molar-refractivity contribution in [3.8, 4) is 0 Å². The normalized spacial score (nSPS) is 11.9. The molecule has 1 atom stereocenters. The Morgan fingerprint density at radius 3 is 2.42 bits per heavy atom. The Labute approximate surface area is 114 Å². The smallest absolute Gasteiger partial charge is 0.308 e. The first kappa shape index (κ1) is 15.2. The maximum atomic E-state index is 12.3. The standard InChI is InChI=1S/C15H21NO3/c1-3-4-10-16(11-12(2)15(18)19)14(17)13-8-6-5-7-9-13/h5-9,12H,3-4,10-11H2,1-2H3,(H,18,19). The molecule has 0 aliphatic carbocycles. The van der Waals surface area contributed by atoms with Crippen LogP contribution in [-0.4, -0.2) is 35.0 Å². The molecule has 0 spiro atoms. The molecule has 1 N–H and O–H groups in total. The fraction of sp³-hybridized carbons (Fsp3) is 0.467. The summed E-state index contributed by atoms with van der Waals surface area (Å²) in [6.07, 6.45) is 1.85. The summed E-state index contributed by atoms with van der Waals surface area (Å²) >= 11 is 0. The second-order valence-electron chi connectivity index (χ2n) is 4.71. The van der Waals surface area contributed by atoms with Crippen LogP contribution in [0.2, 0.25) is 0 Å². The third-order valence-corrected chi connectivity index (χ3v) is 3.01. The quantitative estimate of drug-likeness (QED) is 0.822. The number of carbonyl (C=O) groups is 2. The first-order chi connectivity index (χ1) is 9.06. The molecule has 1 aromatic rings. The maximum Gasteiger partial charge on any atom is 0.308 e. The van der Waals surface area contributed by atoms with Crippen LogP contribution in [0, 0.1) is 5.92 Å². The van der Waals surface area contributed by atoms with Crippen molar-refractivity contribution >= 4 is 11.9 Å². The summed E-state index contributed by atoms with van der Waals surface area (Å²) in [6, 6.07) is 8.99. The Kier molecular flexibility index (Phi) is 6.06. The zero-order valence-corrected chi connectivity index (χ0v) is 11.5. The molecule has 19 heavy (non-hydrogen) atoms. The number of unbranched alkanes of at least 4 members (excludes halogenated alkanes) is 1. The average molecular weight is 263 g/mol. The van der Waals surface area contributed by atoms with Crippen molar-refractivity contribution in [3.63, 3.8) is 0 Å². The Bertz CT molecular complexity index is 417. The van der Waals surface area contributed by atoms with Gasteiger partial charge in [-0.2, -0.15) is 0 Å². The summed E-state index contributed by atoms with van der Waals surface area (Å²) in [6.45, 7) is 4.52. The Morgan fingerprint density at radius 1 is 1.26 bits per heavy atom. The number of carboxylic acids is 1. The molecule has 0 saturated heterocycles. The number of hydrogen-bond acceptors (Lipinski definition) is 2. The minimum absolute atomic E-state index is 0.0952. The van der Waals surface area contributed by atoms with Crippen molar-refractivity contribution in [2.45, 2.75) is 26.7 Å². The van der Waals surface area contributed by atoms with E-state index in [1.54, 1.807) is 24.0 Å². The van der Waals surface area contributed by atoms with Gasteiger partial charge in [0.1, 0.15) is 0 Å². The van der Waals surface area contributed by atoms with E-state index in [4.69, 9.17) is 5.11 Å². The van der Waals surface area contributed by atoms with Crippen molar-refractivity contribution in [2.24, 2.45) is 5.92 Å². The van der Waals surface area contributed by atoms with E-state index in [2.05, 4.69) is 0 Å². The third-order valence-electron chi connectivity index (χ3n) is 3.01. The lowest BCUT2D eigenvalue weighted by molar-refractivity contribution is -0.141. The molecule has 0 aliphatic rings. The van der Waals surface area contributed by atoms with Gasteiger partial charge in [-0.3, -0.25) is 9.59 Å². The molecule has 4 heteroatoms. The van der Waals surface area contributed by atoms with Gasteiger partial charge in [-0.05, 0) is 18.6 Å². The molecule has 4 nitrogen and oxygen atoms in total. The highest BCUT2D eigenvalue weighted by Crippen LogP contribution is 2.09. The van der Waals surface area contributed by atoms with Crippen LogP contribution in [-0.2, 0) is 4.79 Å². The van der Waals surface area contributed by atoms with Crippen molar-refractivity contribution in [3.05, 3.63) is 35.9 Å². The highest BCUT2D eigenvalue weighted by molar-refractivity contribution is 5.94. The largest absolute Gasteiger partial charge is 0.481 e. The molecule has 0 radical (unpaired) electrons. The van der Waals surface area contributed by atoms with Gasteiger partial charge in [-0.25, -0.2) is 0 Å². The molecule has 1 aromatic carbocycles. The van der Waals surface area contributed by atoms with E-state index >= 15 is 0 Å². The van der Waals surface area contributed by atoms with E-state index in [9.17, 15) is 9.59 Å². The minimum Gasteiger partial charge on any atom is -0.481 e. The number of benzene rings is 1. The van der Waals surface area contributed by atoms with Gasteiger partial charge in [-0.1, -0.05) is 38.5 Å². The number of carbonyl (C=O) groups excluding carboxylic acids is 1. The lowest BCUT2D eigenvalue weighted by Gasteiger charge is -2.24. The molecule has 0 heterocycles. The zero-order chi connectivity index (χ0) is 14.3. The summed E-state index contributed by atoms with van der Waals surface area (Å²) in [5, 5.41) is 8.97. The van der Waals surface area contributed by atoms with Gasteiger partial charge in [-0.15, -0.1) is 0 Å². The number of carboxylic acid groups (broad SMARTS) is 1. The Balaban J connectivity index is 2.78. The lowest BCUT2D eigenvalue weighted by Crippen LogP contribution is -2.37. The van der Waals surface area contributed by atoms with E-state index in [0.29, 0.717) is 12.1 Å². The van der Waals surface area contributed by atoms with Gasteiger partial charge < -0.3 is 10.0 Å². The molecule has 1 amide bonds. The van der Waals surface area contributed by atoms with E-state index < -0.39 is 11.9 Å². The van der Waals surface area contributed by atoms with Gasteiger partial charge in [0.15, 0.2) is 0 Å². The predicted molar refractivity (Wildman–Crippen MR) is 74.1 cm³/mol. The van der Waals surface area contributed by atoms with Crippen LogP contribution in [0.3, 0.4) is 0 Å². The summed E-state index contributed by atoms with van der Waals surface area (Å²) in [5.74, 6) is -1.52. The molecule has 1 unspecified atom stereocenters. The van der Waals surface area contributed by atoms with Gasteiger partial charge in [0, 0.05) is 18.7 Å². The molecule has 104 valence electrons. The Morgan fingerprint density at radius 2 is 1.89 bits per heavy atom. The molecule has 0 bridgehead atoms. The monoisotopic (exact) mass is 263 g/mol. The molecular formula is C15H21NO3. The second-order valence-corrected chi connectivity index (χ2v) is 4.71. The van der Waals surface area contributed by atoms with Crippen LogP contribution in [0.4, 0.5) is 0 Å². The van der Waals surface area contributed by atoms with Crippen LogP contribution >= 0.6 is 0 Å². The maximum absolute atomic E-state index is 12.3. The number of amides is 1. The number of rotatable bonds is 7. The minimum atomic E-state index is -0.873. The molecule has 0 saturated carbocycles. The summed E-state index contributed by atoms with van der Waals surface area (Å²) < 4.78 is 0. The van der Waals surface area contributed by atoms with Crippen LogP contribution < -0.4 is 0 Å². The third kappa shape index (κ3) is 4.73. The second kappa shape index (κ2) is 7.56. The highest BCUT2D eigenvalue weighted by atomic mass is 16.4. The van der Waals surface area contributed by atoms with Crippen molar-refractivity contribution in [1.82, 2.24) is 4.90 Å². The average Bonchev–Trinajstić information content (AvgIpc) is 2.43. The molecular weight excluding hydrogens is 242 g/mol. The Hall–Kier alpha value is -1.84. The van der Waals surface area contributed by atoms with E-state index in [0.717, 1.165) is 12.8 Å². The topological polar surface area (TPSA) is 57.6 Å². The molecule has 0 fully saturated rings. The lowest BCUT2D eigenvalue weighted by atomic mass is 10.1. The number of aliphatic carboxylic acids is 1. The van der Waals surface area contributed by atoms with E-state index in [1.807, 2.05) is 25.1 Å². The first-order valence-corrected chi connectivity index (χ1v) is 6.63. The predicted octanol–water partition coefficient (Wildman–Crippen LogP) is 2.65. The zero-order valence-electron chi connectivity index (χ0n) is 11.5. The number of nitrogens with zero attached hydrogens (tertiary/aromatic N) is 1. The summed E-state index contributed by atoms with van der Waals surface area (Å²) in [7, 11) is 0. The van der Waals surface area contributed by atoms with Crippen LogP contribution in [0.15, 0.2) is 30.3 Å². The van der Waals surface area contributed by atoms with Crippen molar-refractivity contribution in [1.29, 1.82) is 0 Å². The SMILES string of the molecule is CCCCN(CC(C)C(=O)O)C(=O)c1ccccc1. The summed E-state index contributed by atoms with van der Waals surface area (Å²) in [4.78, 5) is 24.9. The van der Waals surface area contributed by atoms with E-state index in [1.165, 1.54) is 0 Å². The highest BCUT2D eigenvalue weighted by Gasteiger charge is 2.20. The fourth-order valence-electron chi connectivity index (χ4n) is 1.80. The number of hydrogen-bond donors (Lipinski definition) is 1. The van der Waals surface area contributed by atoms with Crippen LogP contribution in [0.5, 0.6) is 0 Å². The van der Waals surface area contributed by atoms with Crippen molar-refractivity contribution < 1.29 is 14.7 Å². The van der Waals surface area contributed by atoms with Gasteiger partial charge in [0.25, 0.3) is 5.91 Å². The molecule has 0 aromatic heterocycles. The van der Waals surface area contributed by atoms with Gasteiger partial charge in [0.05, 0.1) is 5.92 Å². The summed E-state index contributed by atoms with van der Waals surface area (Å²) in [5.41, 5.74) is 0.608. The van der Waals surface area contributed by atoms with Crippen LogP contribution in [0.25, 0.3) is 0 Å². The molecule has 0 aliphatic heterocycles.